The van der Waals surface area contributed by atoms with Crippen molar-refractivity contribution in [2.75, 3.05) is 38.1 Å². The number of aromatic nitrogens is 2. The number of aliphatic imine (C=N–C) groups is 1. The number of anilines is 1. The van der Waals surface area contributed by atoms with Gasteiger partial charge in [0.1, 0.15) is 6.61 Å². The molecular weight excluding hydrogens is 557 g/mol. The fourth-order valence-corrected chi connectivity index (χ4v) is 4.65. The number of hydrogen-bond acceptors (Lipinski definition) is 7. The van der Waals surface area contributed by atoms with Crippen molar-refractivity contribution in [2.24, 2.45) is 4.99 Å². The van der Waals surface area contributed by atoms with Gasteiger partial charge in [0.05, 0.1) is 10.0 Å². The number of ether oxygens (including phenoxy) is 2. The number of para-hydroxylation sites is 2. The fourth-order valence-electron chi connectivity index (χ4n) is 4.35. The van der Waals surface area contributed by atoms with E-state index in [9.17, 15) is 9.59 Å². The van der Waals surface area contributed by atoms with Crippen LogP contribution in [0.3, 0.4) is 0 Å². The normalized spacial score (nSPS) is 16.9. The molecule has 40 heavy (non-hydrogen) atoms. The van der Waals surface area contributed by atoms with Crippen LogP contribution in [-0.2, 0) is 4.79 Å². The fraction of sp³-hybridized carbons (Fsp3) is 0.296. The predicted molar refractivity (Wildman–Crippen MR) is 152 cm³/mol. The number of urea groups is 1. The van der Waals surface area contributed by atoms with E-state index in [4.69, 9.17) is 32.7 Å². The second-order valence-corrected chi connectivity index (χ2v) is 10.1. The molecule has 2 N–H and O–H groups in total. The van der Waals surface area contributed by atoms with Gasteiger partial charge >= 0.3 is 6.03 Å². The molecule has 2 aliphatic heterocycles. The van der Waals surface area contributed by atoms with Crippen LogP contribution in [0.5, 0.6) is 11.5 Å². The Kier molecular flexibility index (Phi) is 8.22. The van der Waals surface area contributed by atoms with Crippen LogP contribution in [0.4, 0.5) is 16.4 Å². The summed E-state index contributed by atoms with van der Waals surface area (Å²) in [5, 5.41) is 6.22. The van der Waals surface area contributed by atoms with E-state index >= 15 is 0 Å². The highest BCUT2D eigenvalue weighted by molar-refractivity contribution is 6.42. The van der Waals surface area contributed by atoms with Crippen LogP contribution in [-0.4, -0.2) is 76.6 Å². The summed E-state index contributed by atoms with van der Waals surface area (Å²) in [6.07, 6.45) is -0.728. The minimum atomic E-state index is -0.728. The summed E-state index contributed by atoms with van der Waals surface area (Å²) in [4.78, 5) is 43.0. The zero-order valence-electron chi connectivity index (χ0n) is 21.9. The number of hydrogen-bond donors (Lipinski definition) is 2. The summed E-state index contributed by atoms with van der Waals surface area (Å²) < 4.78 is 11.6. The first-order valence-electron chi connectivity index (χ1n) is 12.6. The van der Waals surface area contributed by atoms with Gasteiger partial charge in [0.2, 0.25) is 12.1 Å². The van der Waals surface area contributed by atoms with Gasteiger partial charge in [0.25, 0.3) is 11.9 Å². The Morgan fingerprint density at radius 3 is 2.30 bits per heavy atom. The number of aryl methyl sites for hydroxylation is 2. The van der Waals surface area contributed by atoms with Crippen LogP contribution in [0.15, 0.2) is 53.5 Å². The smallest absolute Gasteiger partial charge is 0.326 e. The Morgan fingerprint density at radius 1 is 0.925 bits per heavy atom. The number of carbonyl (C=O) groups is 2. The summed E-state index contributed by atoms with van der Waals surface area (Å²) in [6, 6.07) is 13.3. The molecule has 0 bridgehead atoms. The van der Waals surface area contributed by atoms with Crippen LogP contribution in [0.25, 0.3) is 0 Å². The lowest BCUT2D eigenvalue weighted by molar-refractivity contribution is -0.142. The van der Waals surface area contributed by atoms with E-state index in [0.29, 0.717) is 53.4 Å². The van der Waals surface area contributed by atoms with Crippen LogP contribution < -0.4 is 20.1 Å². The van der Waals surface area contributed by atoms with Gasteiger partial charge in [-0.05, 0) is 50.2 Å². The average Bonchev–Trinajstić information content (AvgIpc) is 2.93. The number of halogens is 2. The maximum Gasteiger partial charge on any atom is 0.326 e. The van der Waals surface area contributed by atoms with Gasteiger partial charge in [-0.2, -0.15) is 4.99 Å². The van der Waals surface area contributed by atoms with Crippen molar-refractivity contribution < 1.29 is 19.1 Å². The summed E-state index contributed by atoms with van der Waals surface area (Å²) in [5.74, 6) is 1.48. The first-order valence-corrected chi connectivity index (χ1v) is 13.4. The van der Waals surface area contributed by atoms with Gasteiger partial charge < -0.3 is 24.6 Å². The van der Waals surface area contributed by atoms with Gasteiger partial charge in [0, 0.05) is 43.3 Å². The Hall–Kier alpha value is -4.09. The third-order valence-corrected chi connectivity index (χ3v) is 6.99. The third kappa shape index (κ3) is 6.54. The number of fused-ring (bicyclic) bond motifs is 1. The number of guanidine groups is 1. The lowest BCUT2D eigenvalue weighted by atomic mass is 10.2. The molecule has 13 heteroatoms. The minimum absolute atomic E-state index is 0.142. The van der Waals surface area contributed by atoms with Crippen molar-refractivity contribution in [2.45, 2.75) is 20.0 Å². The topological polar surface area (TPSA) is 121 Å². The molecule has 1 aromatic heterocycles. The number of carbonyl (C=O) groups excluding carboxylic acids is 2. The van der Waals surface area contributed by atoms with Gasteiger partial charge in [0.15, 0.2) is 11.5 Å². The Labute approximate surface area is 241 Å². The van der Waals surface area contributed by atoms with Crippen molar-refractivity contribution in [1.82, 2.24) is 25.1 Å². The molecule has 0 saturated carbocycles. The molecule has 0 aliphatic carbocycles. The van der Waals surface area contributed by atoms with Crippen LogP contribution >= 0.6 is 23.2 Å². The molecule has 0 spiro atoms. The molecule has 1 fully saturated rings. The monoisotopic (exact) mass is 583 g/mol. The van der Waals surface area contributed by atoms with Crippen LogP contribution in [0, 0.1) is 13.8 Å². The third-order valence-electron chi connectivity index (χ3n) is 6.25. The minimum Gasteiger partial charge on any atom is -0.485 e. The number of rotatable bonds is 3. The van der Waals surface area contributed by atoms with Crippen molar-refractivity contribution in [1.29, 1.82) is 0 Å². The molecule has 208 valence electrons. The quantitative estimate of drug-likeness (QED) is 0.350. The zero-order chi connectivity index (χ0) is 28.2. The standard InChI is InChI=1S/C27H27Cl2N7O4/c1-16-13-17(2)31-25(30-16)33-26(34-27(38)32-18-7-8-19(28)20(29)14-18)36-11-9-35(10-12-36)24(37)23-15-39-21-5-3-4-6-22(21)40-23/h3-8,13-14,23H,9-12,15H2,1-2H3,(H2,30,31,32,33,34,38). The van der Waals surface area contributed by atoms with Crippen molar-refractivity contribution in [3.63, 3.8) is 0 Å². The van der Waals surface area contributed by atoms with Crippen molar-refractivity contribution in [3.8, 4) is 11.5 Å². The van der Waals surface area contributed by atoms with E-state index in [1.807, 2.05) is 36.9 Å². The SMILES string of the molecule is Cc1cc(C)nc(/N=C(/NC(=O)Nc2ccc(Cl)c(Cl)c2)N2CCN(C(=O)C3COc4ccccc4O3)CC2)n1. The molecule has 3 heterocycles. The first-order chi connectivity index (χ1) is 19.2. The number of amides is 3. The molecule has 3 aromatic rings. The molecule has 2 aromatic carbocycles. The van der Waals surface area contributed by atoms with E-state index in [2.05, 4.69) is 25.6 Å². The maximum atomic E-state index is 13.2. The summed E-state index contributed by atoms with van der Waals surface area (Å²) in [5.41, 5.74) is 1.95. The van der Waals surface area contributed by atoms with E-state index in [1.165, 1.54) is 0 Å². The van der Waals surface area contributed by atoms with E-state index in [0.717, 1.165) is 11.4 Å². The number of piperazine rings is 1. The highest BCUT2D eigenvalue weighted by atomic mass is 35.5. The van der Waals surface area contributed by atoms with Crippen molar-refractivity contribution in [3.05, 3.63) is 70.0 Å². The van der Waals surface area contributed by atoms with Gasteiger partial charge in [-0.15, -0.1) is 0 Å². The van der Waals surface area contributed by atoms with Gasteiger partial charge in [-0.1, -0.05) is 35.3 Å². The highest BCUT2D eigenvalue weighted by Gasteiger charge is 2.33. The van der Waals surface area contributed by atoms with Crippen molar-refractivity contribution >= 4 is 52.7 Å². The Bertz CT molecular complexity index is 1440. The number of nitrogens with one attached hydrogen (secondary N) is 2. The Balaban J connectivity index is 1.28. The molecule has 1 saturated heterocycles. The summed E-state index contributed by atoms with van der Waals surface area (Å²) >= 11 is 12.1. The van der Waals surface area contributed by atoms with Crippen LogP contribution in [0.2, 0.25) is 10.0 Å². The van der Waals surface area contributed by atoms with Gasteiger partial charge in [-0.3, -0.25) is 10.1 Å². The summed E-state index contributed by atoms with van der Waals surface area (Å²) in [6.45, 7) is 5.43. The second-order valence-electron chi connectivity index (χ2n) is 9.27. The Morgan fingerprint density at radius 2 is 1.60 bits per heavy atom. The lowest BCUT2D eigenvalue weighted by Crippen LogP contribution is -2.57. The lowest BCUT2D eigenvalue weighted by Gasteiger charge is -2.38. The molecule has 5 rings (SSSR count). The molecule has 1 unspecified atom stereocenters. The highest BCUT2D eigenvalue weighted by Crippen LogP contribution is 2.31. The average molecular weight is 584 g/mol. The molecule has 3 amide bonds. The van der Waals surface area contributed by atoms with E-state index in [-0.39, 0.29) is 24.4 Å². The van der Waals surface area contributed by atoms with E-state index < -0.39 is 12.1 Å². The molecular formula is C27H27Cl2N7O4. The number of benzene rings is 2. The molecule has 11 nitrogen and oxygen atoms in total. The molecule has 2 aliphatic rings. The first kappa shape index (κ1) is 27.5. The number of nitrogens with zero attached hydrogens (tertiary/aromatic N) is 5. The predicted octanol–water partition coefficient (Wildman–Crippen LogP) is 4.19. The largest absolute Gasteiger partial charge is 0.485 e. The van der Waals surface area contributed by atoms with Crippen LogP contribution in [0.1, 0.15) is 11.4 Å². The second kappa shape index (κ2) is 12.0. The summed E-state index contributed by atoms with van der Waals surface area (Å²) in [7, 11) is 0. The zero-order valence-corrected chi connectivity index (χ0v) is 23.4. The molecule has 0 radical (unpaired) electrons. The van der Waals surface area contributed by atoms with Gasteiger partial charge in [-0.25, -0.2) is 14.8 Å². The maximum absolute atomic E-state index is 13.2. The molecule has 1 atom stereocenters. The van der Waals surface area contributed by atoms with E-state index in [1.54, 1.807) is 35.2 Å².